The van der Waals surface area contributed by atoms with Gasteiger partial charge >= 0.3 is 5.97 Å². The normalized spacial score (nSPS) is 15.4. The second-order valence-electron chi connectivity index (χ2n) is 8.92. The number of esters is 1. The molecule has 0 unspecified atom stereocenters. The number of piperazine rings is 1. The fourth-order valence-corrected chi connectivity index (χ4v) is 3.29. The van der Waals surface area contributed by atoms with Crippen LogP contribution < -0.4 is 4.90 Å². The molecule has 1 aliphatic rings. The molecule has 0 bridgehead atoms. The van der Waals surface area contributed by atoms with Gasteiger partial charge in [-0.3, -0.25) is 9.78 Å². The van der Waals surface area contributed by atoms with Gasteiger partial charge in [0.2, 0.25) is 0 Å². The van der Waals surface area contributed by atoms with Crippen LogP contribution in [0, 0.1) is 0 Å². The standard InChI is InChI=1S/C26H31N3O3/c1-26(2,3)32-25(31)13-11-22-10-8-20(19-27-22)9-12-24(30)21-6-5-7-23(18-21)29-16-14-28(4)15-17-29/h5-13,18-19H,14-17H2,1-4H3/b12-9+,13-11+. The van der Waals surface area contributed by atoms with Crippen molar-refractivity contribution < 1.29 is 14.3 Å². The van der Waals surface area contributed by atoms with Crippen LogP contribution in [0.4, 0.5) is 5.69 Å². The Morgan fingerprint density at radius 2 is 1.75 bits per heavy atom. The minimum absolute atomic E-state index is 0.0464. The van der Waals surface area contributed by atoms with Crippen molar-refractivity contribution in [3.8, 4) is 0 Å². The number of nitrogens with zero attached hydrogens (tertiary/aromatic N) is 3. The summed E-state index contributed by atoms with van der Waals surface area (Å²) in [6.45, 7) is 9.43. The molecule has 3 rings (SSSR count). The van der Waals surface area contributed by atoms with E-state index in [1.807, 2.05) is 45.0 Å². The lowest BCUT2D eigenvalue weighted by Crippen LogP contribution is -2.44. The molecule has 2 aromatic rings. The highest BCUT2D eigenvalue weighted by Crippen LogP contribution is 2.19. The first-order chi connectivity index (χ1) is 15.2. The van der Waals surface area contributed by atoms with Crippen LogP contribution in [-0.2, 0) is 9.53 Å². The molecule has 1 aliphatic heterocycles. The second kappa shape index (κ2) is 10.4. The molecule has 0 spiro atoms. The molecule has 1 saturated heterocycles. The van der Waals surface area contributed by atoms with E-state index in [1.165, 1.54) is 6.08 Å². The molecule has 6 nitrogen and oxygen atoms in total. The summed E-state index contributed by atoms with van der Waals surface area (Å²) in [5.41, 5.74) is 2.67. The zero-order chi connectivity index (χ0) is 23.1. The number of carbonyl (C=O) groups excluding carboxylic acids is 2. The lowest BCUT2D eigenvalue weighted by atomic mass is 10.1. The van der Waals surface area contributed by atoms with Gasteiger partial charge in [-0.15, -0.1) is 0 Å². The predicted molar refractivity (Wildman–Crippen MR) is 129 cm³/mol. The minimum atomic E-state index is -0.528. The van der Waals surface area contributed by atoms with Gasteiger partial charge in [-0.05, 0) is 69.8 Å². The smallest absolute Gasteiger partial charge is 0.331 e. The van der Waals surface area contributed by atoms with Gasteiger partial charge in [-0.25, -0.2) is 4.79 Å². The number of anilines is 1. The summed E-state index contributed by atoms with van der Waals surface area (Å²) < 4.78 is 5.23. The van der Waals surface area contributed by atoms with Crippen LogP contribution in [0.2, 0.25) is 0 Å². The van der Waals surface area contributed by atoms with Crippen molar-refractivity contribution in [1.29, 1.82) is 0 Å². The van der Waals surface area contributed by atoms with Gasteiger partial charge in [0.1, 0.15) is 5.60 Å². The molecule has 32 heavy (non-hydrogen) atoms. The van der Waals surface area contributed by atoms with Crippen LogP contribution in [0.15, 0.2) is 54.7 Å². The van der Waals surface area contributed by atoms with Crippen molar-refractivity contribution in [2.75, 3.05) is 38.1 Å². The van der Waals surface area contributed by atoms with Gasteiger partial charge < -0.3 is 14.5 Å². The molecule has 0 amide bonds. The Morgan fingerprint density at radius 1 is 1.00 bits per heavy atom. The van der Waals surface area contributed by atoms with E-state index in [9.17, 15) is 9.59 Å². The van der Waals surface area contributed by atoms with Crippen molar-refractivity contribution >= 4 is 29.6 Å². The summed E-state index contributed by atoms with van der Waals surface area (Å²) in [6.07, 6.45) is 7.95. The Bertz CT molecular complexity index is 996. The Kier molecular flexibility index (Phi) is 7.59. The van der Waals surface area contributed by atoms with Gasteiger partial charge in [0.15, 0.2) is 5.78 Å². The van der Waals surface area contributed by atoms with E-state index in [1.54, 1.807) is 30.5 Å². The number of ether oxygens (including phenoxy) is 1. The maximum Gasteiger partial charge on any atom is 0.331 e. The third-order valence-corrected chi connectivity index (χ3v) is 5.03. The monoisotopic (exact) mass is 433 g/mol. The first-order valence-electron chi connectivity index (χ1n) is 10.8. The zero-order valence-electron chi connectivity index (χ0n) is 19.2. The van der Waals surface area contributed by atoms with E-state index in [4.69, 9.17) is 4.74 Å². The fourth-order valence-electron chi connectivity index (χ4n) is 3.29. The van der Waals surface area contributed by atoms with Crippen LogP contribution in [0.25, 0.3) is 12.2 Å². The SMILES string of the molecule is CN1CCN(c2cccc(C(=O)/C=C/c3ccc(/C=C/C(=O)OC(C)(C)C)nc3)c2)CC1. The Morgan fingerprint density at radius 3 is 2.41 bits per heavy atom. The van der Waals surface area contributed by atoms with E-state index in [0.29, 0.717) is 11.3 Å². The lowest BCUT2D eigenvalue weighted by Gasteiger charge is -2.34. The predicted octanol–water partition coefficient (Wildman–Crippen LogP) is 4.08. The van der Waals surface area contributed by atoms with Crippen molar-refractivity contribution in [3.63, 3.8) is 0 Å². The molecule has 1 aromatic carbocycles. The number of hydrogen-bond acceptors (Lipinski definition) is 6. The molecule has 0 N–H and O–H groups in total. The first kappa shape index (κ1) is 23.4. The Balaban J connectivity index is 1.60. The van der Waals surface area contributed by atoms with Crippen LogP contribution in [-0.4, -0.2) is 60.5 Å². The fraction of sp³-hybridized carbons (Fsp3) is 0.346. The first-order valence-corrected chi connectivity index (χ1v) is 10.8. The van der Waals surface area contributed by atoms with Gasteiger partial charge in [-0.2, -0.15) is 0 Å². The minimum Gasteiger partial charge on any atom is -0.457 e. The molecular weight excluding hydrogens is 402 g/mol. The van der Waals surface area contributed by atoms with Crippen LogP contribution in [0.3, 0.4) is 0 Å². The van der Waals surface area contributed by atoms with Gasteiger partial charge in [0.25, 0.3) is 0 Å². The van der Waals surface area contributed by atoms with Crippen LogP contribution in [0.5, 0.6) is 0 Å². The highest BCUT2D eigenvalue weighted by Gasteiger charge is 2.15. The van der Waals surface area contributed by atoms with E-state index >= 15 is 0 Å². The van der Waals surface area contributed by atoms with Crippen LogP contribution >= 0.6 is 0 Å². The van der Waals surface area contributed by atoms with Gasteiger partial charge in [0.05, 0.1) is 5.69 Å². The number of likely N-dealkylation sites (N-methyl/N-ethyl adjacent to an activating group) is 1. The second-order valence-corrected chi connectivity index (χ2v) is 8.92. The van der Waals surface area contributed by atoms with Crippen molar-refractivity contribution in [1.82, 2.24) is 9.88 Å². The molecule has 0 atom stereocenters. The summed E-state index contributed by atoms with van der Waals surface area (Å²) in [7, 11) is 2.13. The third-order valence-electron chi connectivity index (χ3n) is 5.03. The average Bonchev–Trinajstić information content (AvgIpc) is 2.76. The maximum absolute atomic E-state index is 12.7. The van der Waals surface area contributed by atoms with Crippen molar-refractivity contribution in [2.24, 2.45) is 0 Å². The molecule has 1 fully saturated rings. The summed E-state index contributed by atoms with van der Waals surface area (Å²) in [5.74, 6) is -0.456. The number of benzene rings is 1. The summed E-state index contributed by atoms with van der Waals surface area (Å²) in [5, 5.41) is 0. The zero-order valence-corrected chi connectivity index (χ0v) is 19.2. The number of pyridine rings is 1. The molecule has 0 saturated carbocycles. The number of rotatable bonds is 6. The third kappa shape index (κ3) is 7.17. The van der Waals surface area contributed by atoms with E-state index in [2.05, 4.69) is 27.9 Å². The molecule has 168 valence electrons. The quantitative estimate of drug-likeness (QED) is 0.389. The Hall–Kier alpha value is -3.25. The number of aromatic nitrogens is 1. The molecule has 6 heteroatoms. The summed E-state index contributed by atoms with van der Waals surface area (Å²) in [6, 6.07) is 11.4. The van der Waals surface area contributed by atoms with E-state index < -0.39 is 11.6 Å². The topological polar surface area (TPSA) is 62.7 Å². The molecule has 0 radical (unpaired) electrons. The number of ketones is 1. The lowest BCUT2D eigenvalue weighted by molar-refractivity contribution is -0.148. The largest absolute Gasteiger partial charge is 0.457 e. The molecular formula is C26H31N3O3. The Labute approximate surface area is 190 Å². The summed E-state index contributed by atoms with van der Waals surface area (Å²) in [4.78, 5) is 33.4. The molecule has 2 heterocycles. The highest BCUT2D eigenvalue weighted by atomic mass is 16.6. The number of allylic oxidation sites excluding steroid dienone is 1. The van der Waals surface area contributed by atoms with Crippen LogP contribution in [0.1, 0.15) is 42.4 Å². The van der Waals surface area contributed by atoms with Crippen molar-refractivity contribution in [3.05, 3.63) is 71.6 Å². The number of carbonyl (C=O) groups is 2. The van der Waals surface area contributed by atoms with E-state index in [0.717, 1.165) is 37.4 Å². The summed E-state index contributed by atoms with van der Waals surface area (Å²) >= 11 is 0. The molecule has 0 aliphatic carbocycles. The molecule has 1 aromatic heterocycles. The van der Waals surface area contributed by atoms with E-state index in [-0.39, 0.29) is 5.78 Å². The maximum atomic E-state index is 12.7. The highest BCUT2D eigenvalue weighted by molar-refractivity contribution is 6.07. The van der Waals surface area contributed by atoms with Crippen molar-refractivity contribution in [2.45, 2.75) is 26.4 Å². The van der Waals surface area contributed by atoms with Gasteiger partial charge in [0, 0.05) is 49.7 Å². The number of hydrogen-bond donors (Lipinski definition) is 0. The average molecular weight is 434 g/mol. The van der Waals surface area contributed by atoms with Gasteiger partial charge in [-0.1, -0.05) is 18.2 Å².